The molecule has 9 heteroatoms. The van der Waals surface area contributed by atoms with Crippen LogP contribution in [0.4, 0.5) is 15.9 Å². The second-order valence-corrected chi connectivity index (χ2v) is 10.2. The number of aromatic nitrogens is 2. The molecule has 2 fully saturated rings. The summed E-state index contributed by atoms with van der Waals surface area (Å²) in [7, 11) is -2.44. The molecular weight excluding hydrogens is 405 g/mol. The van der Waals surface area contributed by atoms with E-state index in [1.807, 2.05) is 30.3 Å². The summed E-state index contributed by atoms with van der Waals surface area (Å²) in [6.45, 7) is 0.650. The maximum Gasteiger partial charge on any atom is 0.146 e. The van der Waals surface area contributed by atoms with Crippen molar-refractivity contribution in [3.8, 4) is 23.0 Å². The Kier molecular flexibility index (Phi) is 4.25. The molecule has 2 aliphatic rings. The van der Waals surface area contributed by atoms with Gasteiger partial charge in [-0.1, -0.05) is 6.07 Å². The lowest BCUT2D eigenvalue weighted by Crippen LogP contribution is -2.38. The normalized spacial score (nSPS) is 22.8. The minimum absolute atomic E-state index is 0.0151. The number of benzene rings is 2. The molecule has 3 heterocycles. The molecule has 2 aliphatic heterocycles. The van der Waals surface area contributed by atoms with Crippen LogP contribution in [-0.4, -0.2) is 42.5 Å². The van der Waals surface area contributed by atoms with Gasteiger partial charge in [0.1, 0.15) is 17.7 Å². The third kappa shape index (κ3) is 3.01. The Morgan fingerprint density at radius 1 is 1.13 bits per heavy atom. The van der Waals surface area contributed by atoms with Gasteiger partial charge in [-0.2, -0.15) is 21.0 Å². The predicted octanol–water partition coefficient (Wildman–Crippen LogP) is 3.84. The Hall–Kier alpha value is -3.06. The van der Waals surface area contributed by atoms with Crippen molar-refractivity contribution in [1.29, 1.82) is 5.26 Å². The van der Waals surface area contributed by atoms with Gasteiger partial charge in [-0.3, -0.25) is 9.11 Å². The van der Waals surface area contributed by atoms with Crippen LogP contribution >= 0.6 is 10.6 Å². The Labute approximate surface area is 174 Å². The molecule has 0 amide bonds. The van der Waals surface area contributed by atoms with Crippen LogP contribution in [0.1, 0.15) is 12.0 Å². The number of nitrogens with zero attached hydrogens (tertiary/aromatic N) is 4. The molecule has 0 aliphatic carbocycles. The number of rotatable bonds is 3. The second-order valence-electron chi connectivity index (χ2n) is 7.74. The van der Waals surface area contributed by atoms with Crippen LogP contribution in [0.15, 0.2) is 48.5 Å². The fraction of sp³-hybridized carbons (Fsp3) is 0.238. The Bertz CT molecular complexity index is 1170. The monoisotopic (exact) mass is 425 g/mol. The molecule has 0 saturated carbocycles. The maximum absolute atomic E-state index is 14.1. The summed E-state index contributed by atoms with van der Waals surface area (Å²) in [5.41, 5.74) is 8.88. The van der Waals surface area contributed by atoms with Crippen molar-refractivity contribution in [2.75, 3.05) is 22.9 Å². The molecule has 2 unspecified atom stereocenters. The lowest BCUT2D eigenvalue weighted by Gasteiger charge is -2.41. The average Bonchev–Trinajstić information content (AvgIpc) is 3.39. The Morgan fingerprint density at radius 2 is 1.87 bits per heavy atom. The fourth-order valence-electron chi connectivity index (χ4n) is 4.39. The van der Waals surface area contributed by atoms with Gasteiger partial charge in [-0.05, 0) is 42.8 Å². The second kappa shape index (κ2) is 6.74. The first-order valence-electron chi connectivity index (χ1n) is 9.53. The third-order valence-corrected chi connectivity index (χ3v) is 8.17. The number of anilines is 2. The van der Waals surface area contributed by atoms with Crippen LogP contribution in [0.25, 0.3) is 16.9 Å². The number of halogens is 1. The summed E-state index contributed by atoms with van der Waals surface area (Å²) < 4.78 is 35.9. The molecule has 7 nitrogen and oxygen atoms in total. The SMILES string of the molecule is N#Cc1ccc(-c2cc(N)nn2-c2ccc(N3CC4CC3CS4(O)O)cc2)cc1F. The lowest BCUT2D eigenvalue weighted by atomic mass is 10.1. The quantitative estimate of drug-likeness (QED) is 0.588. The number of nitrogens with two attached hydrogens (primary N) is 1. The van der Waals surface area contributed by atoms with E-state index in [9.17, 15) is 13.5 Å². The Morgan fingerprint density at radius 3 is 2.47 bits per heavy atom. The van der Waals surface area contributed by atoms with Crippen molar-refractivity contribution in [2.24, 2.45) is 0 Å². The number of nitrogen functional groups attached to an aromatic ring is 1. The van der Waals surface area contributed by atoms with E-state index in [1.54, 1.807) is 16.8 Å². The molecular formula is C21H20FN5O2S. The zero-order valence-electron chi connectivity index (χ0n) is 15.9. The van der Waals surface area contributed by atoms with E-state index >= 15 is 0 Å². The number of fused-ring (bicyclic) bond motifs is 2. The summed E-state index contributed by atoms with van der Waals surface area (Å²) in [5.74, 6) is 0.149. The average molecular weight is 425 g/mol. The van der Waals surface area contributed by atoms with E-state index in [-0.39, 0.29) is 16.9 Å². The van der Waals surface area contributed by atoms with Crippen molar-refractivity contribution in [3.05, 3.63) is 59.9 Å². The molecule has 5 rings (SSSR count). The van der Waals surface area contributed by atoms with E-state index in [2.05, 4.69) is 10.00 Å². The van der Waals surface area contributed by atoms with Gasteiger partial charge in [0.15, 0.2) is 0 Å². The first kappa shape index (κ1) is 18.9. The molecule has 154 valence electrons. The van der Waals surface area contributed by atoms with Crippen LogP contribution in [0.2, 0.25) is 0 Å². The van der Waals surface area contributed by atoms with E-state index < -0.39 is 16.4 Å². The van der Waals surface area contributed by atoms with Crippen molar-refractivity contribution in [2.45, 2.75) is 17.7 Å². The number of hydrogen-bond acceptors (Lipinski definition) is 6. The predicted molar refractivity (Wildman–Crippen MR) is 115 cm³/mol. The molecule has 3 aromatic rings. The Balaban J connectivity index is 1.45. The van der Waals surface area contributed by atoms with Crippen LogP contribution in [0.5, 0.6) is 0 Å². The topological polar surface area (TPSA) is 111 Å². The zero-order valence-corrected chi connectivity index (χ0v) is 16.8. The molecule has 0 spiro atoms. The van der Waals surface area contributed by atoms with Gasteiger partial charge in [-0.15, -0.1) is 0 Å². The smallest absolute Gasteiger partial charge is 0.146 e. The first-order chi connectivity index (χ1) is 14.4. The molecule has 2 bridgehead atoms. The molecule has 2 saturated heterocycles. The summed E-state index contributed by atoms with van der Waals surface area (Å²) in [6, 6.07) is 15.8. The minimum Gasteiger partial charge on any atom is -0.382 e. The highest BCUT2D eigenvalue weighted by atomic mass is 32.3. The van der Waals surface area contributed by atoms with E-state index in [4.69, 9.17) is 11.0 Å². The first-order valence-corrected chi connectivity index (χ1v) is 11.3. The molecule has 30 heavy (non-hydrogen) atoms. The fourth-order valence-corrected chi connectivity index (χ4v) is 6.48. The van der Waals surface area contributed by atoms with E-state index in [0.717, 1.165) is 17.8 Å². The van der Waals surface area contributed by atoms with E-state index in [0.29, 0.717) is 29.4 Å². The molecule has 0 radical (unpaired) electrons. The minimum atomic E-state index is -2.44. The van der Waals surface area contributed by atoms with Gasteiger partial charge in [-0.25, -0.2) is 9.07 Å². The summed E-state index contributed by atoms with van der Waals surface area (Å²) in [6.07, 6.45) is 0.814. The van der Waals surface area contributed by atoms with Crippen LogP contribution in [0.3, 0.4) is 0 Å². The van der Waals surface area contributed by atoms with Gasteiger partial charge in [0.05, 0.1) is 27.9 Å². The van der Waals surface area contributed by atoms with Gasteiger partial charge in [0.25, 0.3) is 0 Å². The largest absolute Gasteiger partial charge is 0.382 e. The van der Waals surface area contributed by atoms with Crippen LogP contribution in [0, 0.1) is 17.1 Å². The molecule has 2 aromatic carbocycles. The highest BCUT2D eigenvalue weighted by molar-refractivity contribution is 8.25. The van der Waals surface area contributed by atoms with Crippen molar-refractivity contribution in [3.63, 3.8) is 0 Å². The molecule has 1 aromatic heterocycles. The zero-order chi connectivity index (χ0) is 21.0. The highest BCUT2D eigenvalue weighted by Gasteiger charge is 2.48. The van der Waals surface area contributed by atoms with Crippen molar-refractivity contribution >= 4 is 22.1 Å². The summed E-state index contributed by atoms with van der Waals surface area (Å²) in [4.78, 5) is 2.22. The van der Waals surface area contributed by atoms with Crippen LogP contribution in [-0.2, 0) is 0 Å². The van der Waals surface area contributed by atoms with Gasteiger partial charge < -0.3 is 10.6 Å². The molecule has 4 N–H and O–H groups in total. The number of hydrogen-bond donors (Lipinski definition) is 3. The van der Waals surface area contributed by atoms with Gasteiger partial charge in [0.2, 0.25) is 0 Å². The summed E-state index contributed by atoms with van der Waals surface area (Å²) >= 11 is 0. The van der Waals surface area contributed by atoms with Gasteiger partial charge in [0, 0.05) is 29.9 Å². The molecule has 2 atom stereocenters. The number of nitriles is 1. The third-order valence-electron chi connectivity index (χ3n) is 5.89. The standard InChI is InChI=1S/C21H20FN5O2S/c22-19-7-13(1-2-14(19)10-23)20-9-21(24)25-27(20)16-5-3-15(4-6-16)26-11-18-8-17(26)12-30(18,28)29/h1-7,9,17-18,28-29H,8,11-12H2,(H2,24,25). The van der Waals surface area contributed by atoms with Crippen LogP contribution < -0.4 is 10.6 Å². The summed E-state index contributed by atoms with van der Waals surface area (Å²) in [5, 5.41) is 13.2. The maximum atomic E-state index is 14.1. The van der Waals surface area contributed by atoms with E-state index in [1.165, 1.54) is 12.1 Å². The lowest BCUT2D eigenvalue weighted by molar-refractivity contribution is 0.477. The van der Waals surface area contributed by atoms with Crippen molar-refractivity contribution in [1.82, 2.24) is 9.78 Å². The van der Waals surface area contributed by atoms with Gasteiger partial charge >= 0.3 is 0 Å². The van der Waals surface area contributed by atoms with Crippen molar-refractivity contribution < 1.29 is 13.5 Å². The highest BCUT2D eigenvalue weighted by Crippen LogP contribution is 2.58.